The fraction of sp³-hybridized carbons (Fsp3) is 0.364. The van der Waals surface area contributed by atoms with Gasteiger partial charge in [-0.15, -0.1) is 0 Å². The lowest BCUT2D eigenvalue weighted by atomic mass is 10.1. The summed E-state index contributed by atoms with van der Waals surface area (Å²) < 4.78 is 39.0. The zero-order valence-corrected chi connectivity index (χ0v) is 19.8. The molecule has 0 saturated heterocycles. The fourth-order valence-electron chi connectivity index (χ4n) is 3.01. The van der Waals surface area contributed by atoms with Crippen molar-refractivity contribution in [3.8, 4) is 0 Å². The van der Waals surface area contributed by atoms with Gasteiger partial charge in [-0.25, -0.2) is 12.8 Å². The minimum Gasteiger partial charge on any atom is -0.354 e. The number of carbonyl (C=O) groups excluding carboxylic acids is 2. The summed E-state index contributed by atoms with van der Waals surface area (Å²) in [7, 11) is -3.86. The second-order valence-electron chi connectivity index (χ2n) is 7.33. The first-order valence-corrected chi connectivity index (χ1v) is 12.3. The Morgan fingerprint density at radius 1 is 1.12 bits per heavy atom. The van der Waals surface area contributed by atoms with Gasteiger partial charge in [0.2, 0.25) is 21.8 Å². The minimum atomic E-state index is -3.86. The summed E-state index contributed by atoms with van der Waals surface area (Å²) in [6.07, 6.45) is 1.68. The highest BCUT2D eigenvalue weighted by Crippen LogP contribution is 2.21. The molecule has 1 N–H and O–H groups in total. The molecule has 2 rings (SSSR count). The molecule has 1 atom stereocenters. The van der Waals surface area contributed by atoms with Gasteiger partial charge in [0.15, 0.2) is 0 Å². The molecule has 7 nitrogen and oxygen atoms in total. The molecule has 10 heteroatoms. The number of halogens is 2. The molecule has 32 heavy (non-hydrogen) atoms. The second-order valence-corrected chi connectivity index (χ2v) is 9.64. The molecule has 174 valence electrons. The van der Waals surface area contributed by atoms with E-state index in [1.165, 1.54) is 17.0 Å². The highest BCUT2D eigenvalue weighted by Gasteiger charge is 2.30. The van der Waals surface area contributed by atoms with E-state index in [-0.39, 0.29) is 18.1 Å². The Morgan fingerprint density at radius 3 is 2.31 bits per heavy atom. The Kier molecular flexibility index (Phi) is 9.03. The van der Waals surface area contributed by atoms with Gasteiger partial charge in [0, 0.05) is 18.1 Å². The molecule has 1 unspecified atom stereocenters. The average molecular weight is 484 g/mol. The quantitative estimate of drug-likeness (QED) is 0.562. The molecular weight excluding hydrogens is 457 g/mol. The van der Waals surface area contributed by atoms with E-state index in [4.69, 9.17) is 11.6 Å². The Bertz CT molecular complexity index is 1050. The van der Waals surface area contributed by atoms with E-state index in [1.807, 2.05) is 6.92 Å². The maximum Gasteiger partial charge on any atom is 0.244 e. The molecular formula is C22H27ClFN3O4S. The number of hydrogen-bond donors (Lipinski definition) is 1. The van der Waals surface area contributed by atoms with Crippen molar-refractivity contribution in [3.05, 3.63) is 64.9 Å². The number of nitrogens with zero attached hydrogens (tertiary/aromatic N) is 2. The van der Waals surface area contributed by atoms with E-state index in [9.17, 15) is 22.4 Å². The van der Waals surface area contributed by atoms with Gasteiger partial charge in [-0.3, -0.25) is 13.9 Å². The van der Waals surface area contributed by atoms with Crippen molar-refractivity contribution in [2.45, 2.75) is 32.9 Å². The van der Waals surface area contributed by atoms with Crippen molar-refractivity contribution in [1.82, 2.24) is 10.2 Å². The van der Waals surface area contributed by atoms with E-state index < -0.39 is 34.3 Å². The summed E-state index contributed by atoms with van der Waals surface area (Å²) in [5, 5.41) is 3.17. The SMILES string of the molecule is CCCNC(=O)C(C)N(Cc1ccccc1Cl)C(=O)CN(c1ccc(F)cc1)S(C)(=O)=O. The average Bonchev–Trinajstić information content (AvgIpc) is 2.74. The predicted molar refractivity (Wildman–Crippen MR) is 123 cm³/mol. The topological polar surface area (TPSA) is 86.8 Å². The standard InChI is InChI=1S/C22H27ClFN3O4S/c1-4-13-25-22(29)16(2)26(14-17-7-5-6-8-20(17)23)21(28)15-27(32(3,30)31)19-11-9-18(24)10-12-19/h5-12,16H,4,13-15H2,1-3H3,(H,25,29). The number of anilines is 1. The van der Waals surface area contributed by atoms with Crippen molar-refractivity contribution in [3.63, 3.8) is 0 Å². The first-order valence-electron chi connectivity index (χ1n) is 10.1. The normalized spacial score (nSPS) is 12.2. The molecule has 2 amide bonds. The summed E-state index contributed by atoms with van der Waals surface area (Å²) >= 11 is 6.25. The van der Waals surface area contributed by atoms with Crippen LogP contribution in [0.1, 0.15) is 25.8 Å². The largest absolute Gasteiger partial charge is 0.354 e. The van der Waals surface area contributed by atoms with Gasteiger partial charge in [0.1, 0.15) is 18.4 Å². The first-order chi connectivity index (χ1) is 15.0. The van der Waals surface area contributed by atoms with E-state index in [0.29, 0.717) is 17.1 Å². The van der Waals surface area contributed by atoms with Gasteiger partial charge < -0.3 is 10.2 Å². The molecule has 0 aliphatic heterocycles. The third-order valence-corrected chi connectivity index (χ3v) is 6.32. The Morgan fingerprint density at radius 2 is 1.75 bits per heavy atom. The molecule has 0 heterocycles. The molecule has 0 aromatic heterocycles. The van der Waals surface area contributed by atoms with Crippen LogP contribution in [-0.4, -0.2) is 50.5 Å². The third kappa shape index (κ3) is 6.93. The van der Waals surface area contributed by atoms with Crippen LogP contribution < -0.4 is 9.62 Å². The van der Waals surface area contributed by atoms with Crippen LogP contribution in [0.25, 0.3) is 0 Å². The van der Waals surface area contributed by atoms with Crippen molar-refractivity contribution in [1.29, 1.82) is 0 Å². The molecule has 0 saturated carbocycles. The van der Waals surface area contributed by atoms with Crippen LogP contribution in [0.2, 0.25) is 5.02 Å². The van der Waals surface area contributed by atoms with Gasteiger partial charge in [-0.1, -0.05) is 36.7 Å². The number of hydrogen-bond acceptors (Lipinski definition) is 4. The second kappa shape index (κ2) is 11.3. The smallest absolute Gasteiger partial charge is 0.244 e. The zero-order chi connectivity index (χ0) is 23.9. The van der Waals surface area contributed by atoms with Crippen LogP contribution >= 0.6 is 11.6 Å². The summed E-state index contributed by atoms with van der Waals surface area (Å²) in [4.78, 5) is 27.2. The minimum absolute atomic E-state index is 0.0141. The molecule has 0 aliphatic carbocycles. The number of benzene rings is 2. The van der Waals surface area contributed by atoms with Crippen molar-refractivity contribution < 1.29 is 22.4 Å². The maximum absolute atomic E-state index is 13.3. The molecule has 0 aliphatic rings. The van der Waals surface area contributed by atoms with Crippen molar-refractivity contribution in [2.75, 3.05) is 23.7 Å². The van der Waals surface area contributed by atoms with Crippen LogP contribution in [0.15, 0.2) is 48.5 Å². The number of nitrogens with one attached hydrogen (secondary N) is 1. The maximum atomic E-state index is 13.3. The summed E-state index contributed by atoms with van der Waals surface area (Å²) in [6, 6.07) is 10.8. The number of sulfonamides is 1. The summed E-state index contributed by atoms with van der Waals surface area (Å²) in [5.74, 6) is -1.49. The van der Waals surface area contributed by atoms with Crippen molar-refractivity contribution in [2.24, 2.45) is 0 Å². The molecule has 0 spiro atoms. The van der Waals surface area contributed by atoms with Gasteiger partial charge >= 0.3 is 0 Å². The first kappa shape index (κ1) is 25.6. The number of rotatable bonds is 10. The number of amides is 2. The van der Waals surface area contributed by atoms with Crippen LogP contribution in [0.5, 0.6) is 0 Å². The zero-order valence-electron chi connectivity index (χ0n) is 18.2. The molecule has 2 aromatic rings. The number of carbonyl (C=O) groups is 2. The lowest BCUT2D eigenvalue weighted by Crippen LogP contribution is -2.51. The summed E-state index contributed by atoms with van der Waals surface area (Å²) in [6.45, 7) is 3.38. The molecule has 0 fully saturated rings. The molecule has 0 radical (unpaired) electrons. The Balaban J connectivity index is 2.37. The summed E-state index contributed by atoms with van der Waals surface area (Å²) in [5.41, 5.74) is 0.758. The van der Waals surface area contributed by atoms with Gasteiger partial charge in [-0.05, 0) is 49.2 Å². The lowest BCUT2D eigenvalue weighted by Gasteiger charge is -2.31. The highest BCUT2D eigenvalue weighted by atomic mass is 35.5. The van der Waals surface area contributed by atoms with Crippen LogP contribution in [0.3, 0.4) is 0 Å². The van der Waals surface area contributed by atoms with Gasteiger partial charge in [0.25, 0.3) is 0 Å². The van der Waals surface area contributed by atoms with E-state index in [2.05, 4.69) is 5.32 Å². The van der Waals surface area contributed by atoms with Crippen LogP contribution in [0, 0.1) is 5.82 Å². The van der Waals surface area contributed by atoms with Gasteiger partial charge in [-0.2, -0.15) is 0 Å². The van der Waals surface area contributed by atoms with E-state index in [1.54, 1.807) is 31.2 Å². The highest BCUT2D eigenvalue weighted by molar-refractivity contribution is 7.92. The monoisotopic (exact) mass is 483 g/mol. The molecule has 2 aromatic carbocycles. The fourth-order valence-corrected chi connectivity index (χ4v) is 4.05. The van der Waals surface area contributed by atoms with Crippen molar-refractivity contribution >= 4 is 39.1 Å². The predicted octanol–water partition coefficient (Wildman–Crippen LogP) is 3.19. The third-order valence-electron chi connectivity index (χ3n) is 4.81. The lowest BCUT2D eigenvalue weighted by molar-refractivity contribution is -0.139. The van der Waals surface area contributed by atoms with Crippen LogP contribution in [-0.2, 0) is 26.2 Å². The van der Waals surface area contributed by atoms with E-state index >= 15 is 0 Å². The van der Waals surface area contributed by atoms with E-state index in [0.717, 1.165) is 29.1 Å². The van der Waals surface area contributed by atoms with Crippen LogP contribution in [0.4, 0.5) is 10.1 Å². The Hall–Kier alpha value is -2.65. The van der Waals surface area contributed by atoms with Gasteiger partial charge in [0.05, 0.1) is 11.9 Å². The molecule has 0 bridgehead atoms. The Labute approximate surface area is 193 Å².